The fourth-order valence-electron chi connectivity index (χ4n) is 2.48. The van der Waals surface area contributed by atoms with Crippen LogP contribution in [0.5, 0.6) is 0 Å². The number of allylic oxidation sites excluding steroid dienone is 2. The Balaban J connectivity index is 2.94. The van der Waals surface area contributed by atoms with Crippen LogP contribution in [0, 0.1) is 5.92 Å². The average molecular weight is 282 g/mol. The minimum absolute atomic E-state index is 0.0239. The van der Waals surface area contributed by atoms with Gasteiger partial charge in [0.05, 0.1) is 17.2 Å². The van der Waals surface area contributed by atoms with Crippen molar-refractivity contribution in [2.24, 2.45) is 10.9 Å². The zero-order valence-corrected chi connectivity index (χ0v) is 12.4. The van der Waals surface area contributed by atoms with Gasteiger partial charge in [-0.3, -0.25) is 14.6 Å². The van der Waals surface area contributed by atoms with Gasteiger partial charge >= 0.3 is 11.9 Å². The molecule has 0 bridgehead atoms. The normalized spacial score (nSPS) is 23.9. The topological polar surface area (TPSA) is 99.0 Å². The molecule has 2 atom stereocenters. The number of hydrogen-bond donors (Lipinski definition) is 3. The molecule has 0 spiro atoms. The Bertz CT molecular complexity index is 482. The number of nitrogens with one attached hydrogen (secondary N) is 1. The first-order chi connectivity index (χ1) is 9.18. The molecule has 1 aliphatic rings. The van der Waals surface area contributed by atoms with E-state index in [0.717, 1.165) is 11.4 Å². The number of carbonyl (C=O) groups is 2. The number of aliphatic carboxylic acids is 2. The number of hydrogen-bond acceptors (Lipinski definition) is 4. The second kappa shape index (κ2) is 6.07. The lowest BCUT2D eigenvalue weighted by molar-refractivity contribution is -0.144. The lowest BCUT2D eigenvalue weighted by Gasteiger charge is -2.40. The molecule has 0 amide bonds. The standard InChI is InChI=1S/C14H22N2O4/c1-8-9(2)16-14(4,10(3)15-8)11(13(19)20)6-5-7-12(17)18/h11,16H,5-7H2,1-4H3,(H,17,18)(H,19,20). The molecule has 112 valence electrons. The van der Waals surface area contributed by atoms with Crippen LogP contribution in [0.3, 0.4) is 0 Å². The predicted molar refractivity (Wildman–Crippen MR) is 75.6 cm³/mol. The van der Waals surface area contributed by atoms with Crippen molar-refractivity contribution in [3.8, 4) is 0 Å². The van der Waals surface area contributed by atoms with Gasteiger partial charge in [0.2, 0.25) is 0 Å². The Labute approximate surface area is 118 Å². The average Bonchev–Trinajstić information content (AvgIpc) is 2.31. The Morgan fingerprint density at radius 3 is 2.40 bits per heavy atom. The highest BCUT2D eigenvalue weighted by Gasteiger charge is 2.43. The number of rotatable bonds is 6. The minimum Gasteiger partial charge on any atom is -0.481 e. The molecule has 6 nitrogen and oxygen atoms in total. The van der Waals surface area contributed by atoms with Crippen molar-refractivity contribution in [3.63, 3.8) is 0 Å². The zero-order chi connectivity index (χ0) is 15.5. The van der Waals surface area contributed by atoms with E-state index in [-0.39, 0.29) is 6.42 Å². The van der Waals surface area contributed by atoms with Crippen molar-refractivity contribution in [1.29, 1.82) is 0 Å². The van der Waals surface area contributed by atoms with Crippen molar-refractivity contribution in [3.05, 3.63) is 11.4 Å². The Hall–Kier alpha value is -1.85. The maximum Gasteiger partial charge on any atom is 0.309 e. The van der Waals surface area contributed by atoms with Gasteiger partial charge in [0.15, 0.2) is 0 Å². The first kappa shape index (κ1) is 16.2. The molecule has 1 aliphatic heterocycles. The van der Waals surface area contributed by atoms with Gasteiger partial charge in [0, 0.05) is 17.8 Å². The van der Waals surface area contributed by atoms with Crippen molar-refractivity contribution in [1.82, 2.24) is 5.32 Å². The third kappa shape index (κ3) is 3.37. The van der Waals surface area contributed by atoms with E-state index in [0.29, 0.717) is 18.6 Å². The van der Waals surface area contributed by atoms with Crippen molar-refractivity contribution >= 4 is 17.7 Å². The lowest BCUT2D eigenvalue weighted by atomic mass is 9.77. The summed E-state index contributed by atoms with van der Waals surface area (Å²) in [6.07, 6.45) is 0.604. The summed E-state index contributed by atoms with van der Waals surface area (Å²) >= 11 is 0. The summed E-state index contributed by atoms with van der Waals surface area (Å²) in [5.74, 6) is -2.56. The van der Waals surface area contributed by atoms with Gasteiger partial charge < -0.3 is 15.5 Å². The molecule has 0 aromatic rings. The second-order valence-corrected chi connectivity index (χ2v) is 5.41. The fourth-order valence-corrected chi connectivity index (χ4v) is 2.48. The molecule has 0 radical (unpaired) electrons. The smallest absolute Gasteiger partial charge is 0.309 e. The molecule has 2 unspecified atom stereocenters. The van der Waals surface area contributed by atoms with E-state index in [1.54, 1.807) is 13.8 Å². The molecule has 6 heteroatoms. The SMILES string of the molecule is CC1=NC(C)=C(C)NC1(C)C(CCCC(=O)O)C(=O)O. The van der Waals surface area contributed by atoms with Crippen LogP contribution in [-0.2, 0) is 9.59 Å². The second-order valence-electron chi connectivity index (χ2n) is 5.41. The van der Waals surface area contributed by atoms with Gasteiger partial charge in [-0.2, -0.15) is 0 Å². The molecule has 20 heavy (non-hydrogen) atoms. The summed E-state index contributed by atoms with van der Waals surface area (Å²) in [6, 6.07) is 0. The van der Waals surface area contributed by atoms with E-state index in [9.17, 15) is 14.7 Å². The molecular weight excluding hydrogens is 260 g/mol. The van der Waals surface area contributed by atoms with Crippen LogP contribution >= 0.6 is 0 Å². The van der Waals surface area contributed by atoms with Gasteiger partial charge in [-0.05, 0) is 40.5 Å². The predicted octanol–water partition coefficient (Wildman–Crippen LogP) is 2.02. The number of nitrogens with zero attached hydrogens (tertiary/aromatic N) is 1. The Morgan fingerprint density at radius 1 is 1.30 bits per heavy atom. The van der Waals surface area contributed by atoms with Gasteiger partial charge in [-0.15, -0.1) is 0 Å². The summed E-state index contributed by atoms with van der Waals surface area (Å²) in [5, 5.41) is 21.4. The first-order valence-electron chi connectivity index (χ1n) is 6.64. The van der Waals surface area contributed by atoms with Crippen molar-refractivity contribution in [2.45, 2.75) is 52.5 Å². The number of carboxylic acids is 2. The van der Waals surface area contributed by atoms with Gasteiger partial charge in [0.1, 0.15) is 0 Å². The van der Waals surface area contributed by atoms with Gasteiger partial charge in [0.25, 0.3) is 0 Å². The maximum atomic E-state index is 11.6. The van der Waals surface area contributed by atoms with Crippen LogP contribution in [0.4, 0.5) is 0 Å². The molecule has 1 heterocycles. The van der Waals surface area contributed by atoms with Crippen LogP contribution in [0.15, 0.2) is 16.4 Å². The lowest BCUT2D eigenvalue weighted by Crippen LogP contribution is -2.57. The van der Waals surface area contributed by atoms with Crippen LogP contribution in [0.2, 0.25) is 0 Å². The highest BCUT2D eigenvalue weighted by atomic mass is 16.4. The largest absolute Gasteiger partial charge is 0.481 e. The Kier molecular flexibility index (Phi) is 4.92. The van der Waals surface area contributed by atoms with E-state index in [1.165, 1.54) is 0 Å². The third-order valence-electron chi connectivity index (χ3n) is 3.96. The van der Waals surface area contributed by atoms with Gasteiger partial charge in [-0.25, -0.2) is 0 Å². The summed E-state index contributed by atoms with van der Waals surface area (Å²) in [4.78, 5) is 26.5. The molecule has 0 saturated heterocycles. The van der Waals surface area contributed by atoms with Crippen LogP contribution in [-0.4, -0.2) is 33.4 Å². The first-order valence-corrected chi connectivity index (χ1v) is 6.64. The molecule has 0 aliphatic carbocycles. The summed E-state index contributed by atoms with van der Waals surface area (Å²) in [6.45, 7) is 7.34. The maximum absolute atomic E-state index is 11.6. The molecule has 0 fully saturated rings. The third-order valence-corrected chi connectivity index (χ3v) is 3.96. The molecule has 1 rings (SSSR count). The van der Waals surface area contributed by atoms with E-state index < -0.39 is 23.4 Å². The van der Waals surface area contributed by atoms with Crippen molar-refractivity contribution < 1.29 is 19.8 Å². The Morgan fingerprint density at radius 2 is 1.90 bits per heavy atom. The van der Waals surface area contributed by atoms with Crippen LogP contribution < -0.4 is 5.32 Å². The molecule has 0 aromatic carbocycles. The highest BCUT2D eigenvalue weighted by molar-refractivity contribution is 5.97. The van der Waals surface area contributed by atoms with Crippen LogP contribution in [0.1, 0.15) is 47.0 Å². The zero-order valence-electron chi connectivity index (χ0n) is 12.4. The summed E-state index contributed by atoms with van der Waals surface area (Å²) in [5.41, 5.74) is 1.62. The summed E-state index contributed by atoms with van der Waals surface area (Å²) in [7, 11) is 0. The molecule has 0 saturated carbocycles. The molecule has 3 N–H and O–H groups in total. The number of carboxylic acid groups (broad SMARTS) is 2. The minimum atomic E-state index is -0.938. The summed E-state index contributed by atoms with van der Waals surface area (Å²) < 4.78 is 0. The van der Waals surface area contributed by atoms with E-state index in [4.69, 9.17) is 5.11 Å². The van der Waals surface area contributed by atoms with E-state index >= 15 is 0 Å². The van der Waals surface area contributed by atoms with Crippen molar-refractivity contribution in [2.75, 3.05) is 0 Å². The number of aliphatic imine (C=N–C) groups is 1. The highest BCUT2D eigenvalue weighted by Crippen LogP contribution is 2.30. The van der Waals surface area contributed by atoms with Gasteiger partial charge in [-0.1, -0.05) is 0 Å². The molecule has 0 aromatic heterocycles. The van der Waals surface area contributed by atoms with Crippen LogP contribution in [0.25, 0.3) is 0 Å². The quantitative estimate of drug-likeness (QED) is 0.692. The van der Waals surface area contributed by atoms with E-state index in [2.05, 4.69) is 10.3 Å². The van der Waals surface area contributed by atoms with E-state index in [1.807, 2.05) is 13.8 Å². The fraction of sp³-hybridized carbons (Fsp3) is 0.643. The monoisotopic (exact) mass is 282 g/mol. The molecular formula is C14H22N2O4.